The van der Waals surface area contributed by atoms with Crippen molar-refractivity contribution < 1.29 is 33.8 Å². The van der Waals surface area contributed by atoms with Crippen molar-refractivity contribution in [3.63, 3.8) is 0 Å². The van der Waals surface area contributed by atoms with Crippen molar-refractivity contribution in [1.29, 1.82) is 0 Å². The van der Waals surface area contributed by atoms with E-state index in [1.807, 2.05) is 48.5 Å². The monoisotopic (exact) mass is 540 g/mol. The van der Waals surface area contributed by atoms with Crippen LogP contribution < -0.4 is 21.3 Å². The van der Waals surface area contributed by atoms with Crippen LogP contribution in [-0.4, -0.2) is 67.2 Å². The van der Waals surface area contributed by atoms with Gasteiger partial charge in [0.15, 0.2) is 0 Å². The first-order chi connectivity index (χ1) is 18.5. The molecule has 1 atom stereocenters. The minimum absolute atomic E-state index is 0.0445. The third-order valence-electron chi connectivity index (χ3n) is 5.96. The Bertz CT molecular complexity index is 1130. The largest absolute Gasteiger partial charge is 0.480 e. The highest BCUT2D eigenvalue weighted by molar-refractivity contribution is 5.82. The molecule has 0 fully saturated rings. The predicted octanol–water partition coefficient (Wildman–Crippen LogP) is 3.58. The number of carboxylic acid groups (broad SMARTS) is 1. The molecule has 0 spiro atoms. The lowest BCUT2D eigenvalue weighted by atomic mass is 9.98. The topological polar surface area (TPSA) is 155 Å². The number of fused-ring (bicyclic) bond motifs is 3. The number of benzene rings is 2. The fourth-order valence-electron chi connectivity index (χ4n) is 4.20. The number of carboxylic acids is 1. The summed E-state index contributed by atoms with van der Waals surface area (Å²) in [5.41, 5.74) is 3.68. The Morgan fingerprint density at radius 2 is 1.41 bits per heavy atom. The zero-order chi connectivity index (χ0) is 28.4. The number of urea groups is 1. The lowest BCUT2D eigenvalue weighted by molar-refractivity contribution is -0.139. The second-order valence-electron chi connectivity index (χ2n) is 10.1. The molecular weight excluding hydrogens is 504 g/mol. The number of amides is 4. The van der Waals surface area contributed by atoms with Crippen LogP contribution in [0.25, 0.3) is 11.1 Å². The van der Waals surface area contributed by atoms with Gasteiger partial charge >= 0.3 is 24.2 Å². The number of hydrogen-bond acceptors (Lipinski definition) is 6. The highest BCUT2D eigenvalue weighted by Crippen LogP contribution is 2.44. The summed E-state index contributed by atoms with van der Waals surface area (Å²) in [7, 11) is 0. The Morgan fingerprint density at radius 1 is 0.846 bits per heavy atom. The van der Waals surface area contributed by atoms with E-state index in [0.717, 1.165) is 22.3 Å². The van der Waals surface area contributed by atoms with Gasteiger partial charge in [-0.15, -0.1) is 0 Å². The Kier molecular flexibility index (Phi) is 10.1. The molecule has 39 heavy (non-hydrogen) atoms. The Balaban J connectivity index is 1.37. The number of rotatable bonds is 11. The van der Waals surface area contributed by atoms with Crippen molar-refractivity contribution in [2.75, 3.05) is 26.2 Å². The van der Waals surface area contributed by atoms with Crippen LogP contribution in [0.3, 0.4) is 0 Å². The van der Waals surface area contributed by atoms with Gasteiger partial charge in [0.1, 0.15) is 18.2 Å². The molecule has 0 saturated heterocycles. The molecule has 3 rings (SSSR count). The Labute approximate surface area is 227 Å². The molecule has 0 aromatic heterocycles. The zero-order valence-electron chi connectivity index (χ0n) is 22.4. The quantitative estimate of drug-likeness (QED) is 0.273. The summed E-state index contributed by atoms with van der Waals surface area (Å²) in [5.74, 6) is -1.47. The minimum atomic E-state index is -1.37. The van der Waals surface area contributed by atoms with Crippen LogP contribution in [-0.2, 0) is 14.3 Å². The van der Waals surface area contributed by atoms with Crippen LogP contribution in [0.4, 0.5) is 14.4 Å². The van der Waals surface area contributed by atoms with Gasteiger partial charge in [0, 0.05) is 19.0 Å². The summed E-state index contributed by atoms with van der Waals surface area (Å²) in [6.45, 7) is 5.75. The standard InChI is InChI=1S/C28H36N4O7/c1-28(2,3)39-26(36)30-15-9-8-14-29-25(35)31-16-23(24(33)34)32-27(37)38-17-22-20-12-6-4-10-18(20)19-11-5-7-13-21(19)22/h4-7,10-13,22-23H,8-9,14-17H2,1-3H3,(H,30,36)(H,32,37)(H,33,34)(H2,29,31,35)/t23-/m0/s1. The van der Waals surface area contributed by atoms with E-state index in [1.165, 1.54) is 0 Å². The molecule has 5 N–H and O–H groups in total. The molecule has 11 heteroatoms. The Morgan fingerprint density at radius 3 is 1.97 bits per heavy atom. The van der Waals surface area contributed by atoms with E-state index in [-0.39, 0.29) is 19.1 Å². The van der Waals surface area contributed by atoms with Crippen molar-refractivity contribution in [3.8, 4) is 11.1 Å². The number of nitrogens with one attached hydrogen (secondary N) is 4. The van der Waals surface area contributed by atoms with Crippen LogP contribution >= 0.6 is 0 Å². The summed E-state index contributed by atoms with van der Waals surface area (Å²) in [6, 6.07) is 13.8. The molecule has 11 nitrogen and oxygen atoms in total. The minimum Gasteiger partial charge on any atom is -0.480 e. The SMILES string of the molecule is CC(C)(C)OC(=O)NCCCCNC(=O)NC[C@H](NC(=O)OCC1c2ccccc2-c2ccccc21)C(=O)O. The normalized spacial score (nSPS) is 12.9. The maximum Gasteiger partial charge on any atom is 0.407 e. The summed E-state index contributed by atoms with van der Waals surface area (Å²) in [5, 5.41) is 19.4. The molecule has 2 aromatic rings. The highest BCUT2D eigenvalue weighted by Gasteiger charge is 2.30. The van der Waals surface area contributed by atoms with Crippen LogP contribution in [0.15, 0.2) is 48.5 Å². The van der Waals surface area contributed by atoms with Gasteiger partial charge in [-0.1, -0.05) is 48.5 Å². The second kappa shape index (κ2) is 13.5. The number of aliphatic carboxylic acids is 1. The molecule has 2 aromatic carbocycles. The molecule has 210 valence electrons. The highest BCUT2D eigenvalue weighted by atomic mass is 16.6. The van der Waals surface area contributed by atoms with Crippen molar-refractivity contribution in [1.82, 2.24) is 21.3 Å². The molecule has 1 aliphatic carbocycles. The van der Waals surface area contributed by atoms with Crippen molar-refractivity contribution in [2.45, 2.75) is 51.2 Å². The maximum absolute atomic E-state index is 12.4. The van der Waals surface area contributed by atoms with Gasteiger partial charge < -0.3 is 35.8 Å². The molecule has 0 saturated carbocycles. The summed E-state index contributed by atoms with van der Waals surface area (Å²) in [4.78, 5) is 47.7. The van der Waals surface area contributed by atoms with Gasteiger partial charge in [0.25, 0.3) is 0 Å². The molecule has 0 aliphatic heterocycles. The van der Waals surface area contributed by atoms with Crippen molar-refractivity contribution in [2.24, 2.45) is 0 Å². The van der Waals surface area contributed by atoms with Gasteiger partial charge in [-0.05, 0) is 55.9 Å². The van der Waals surface area contributed by atoms with E-state index in [0.29, 0.717) is 25.9 Å². The van der Waals surface area contributed by atoms with Crippen LogP contribution in [0, 0.1) is 0 Å². The molecular formula is C28H36N4O7. The van der Waals surface area contributed by atoms with Crippen LogP contribution in [0.1, 0.15) is 50.7 Å². The molecule has 0 heterocycles. The number of carbonyl (C=O) groups is 4. The third kappa shape index (κ3) is 8.91. The summed E-state index contributed by atoms with van der Waals surface area (Å²) >= 11 is 0. The van der Waals surface area contributed by atoms with E-state index in [1.54, 1.807) is 20.8 Å². The molecule has 0 bridgehead atoms. The van der Waals surface area contributed by atoms with E-state index < -0.39 is 35.8 Å². The third-order valence-corrected chi connectivity index (χ3v) is 5.96. The van der Waals surface area contributed by atoms with Gasteiger partial charge in [0.2, 0.25) is 0 Å². The van der Waals surface area contributed by atoms with E-state index in [9.17, 15) is 24.3 Å². The maximum atomic E-state index is 12.4. The number of alkyl carbamates (subject to hydrolysis) is 2. The summed E-state index contributed by atoms with van der Waals surface area (Å²) in [6.07, 6.45) is -0.190. The first kappa shape index (κ1) is 29.3. The number of ether oxygens (including phenoxy) is 2. The average Bonchev–Trinajstić information content (AvgIpc) is 3.19. The van der Waals surface area contributed by atoms with E-state index >= 15 is 0 Å². The van der Waals surface area contributed by atoms with E-state index in [4.69, 9.17) is 9.47 Å². The van der Waals surface area contributed by atoms with Gasteiger partial charge in [0.05, 0.1) is 6.54 Å². The number of unbranched alkanes of at least 4 members (excludes halogenated alkanes) is 1. The second-order valence-corrected chi connectivity index (χ2v) is 10.1. The molecule has 0 unspecified atom stereocenters. The lowest BCUT2D eigenvalue weighted by Crippen LogP contribution is -2.50. The van der Waals surface area contributed by atoms with Crippen molar-refractivity contribution >= 4 is 24.2 Å². The Hall–Kier alpha value is -4.28. The predicted molar refractivity (Wildman–Crippen MR) is 145 cm³/mol. The molecule has 4 amide bonds. The summed E-state index contributed by atoms with van der Waals surface area (Å²) < 4.78 is 10.5. The zero-order valence-corrected chi connectivity index (χ0v) is 22.4. The van der Waals surface area contributed by atoms with Crippen LogP contribution in [0.5, 0.6) is 0 Å². The smallest absolute Gasteiger partial charge is 0.407 e. The number of hydrogen-bond donors (Lipinski definition) is 5. The van der Waals surface area contributed by atoms with Crippen molar-refractivity contribution in [3.05, 3.63) is 59.7 Å². The van der Waals surface area contributed by atoms with Crippen LogP contribution in [0.2, 0.25) is 0 Å². The molecule has 0 radical (unpaired) electrons. The van der Waals surface area contributed by atoms with Gasteiger partial charge in [-0.2, -0.15) is 0 Å². The average molecular weight is 541 g/mol. The fourth-order valence-corrected chi connectivity index (χ4v) is 4.20. The van der Waals surface area contributed by atoms with E-state index in [2.05, 4.69) is 21.3 Å². The fraction of sp³-hybridized carbons (Fsp3) is 0.429. The van der Waals surface area contributed by atoms with Gasteiger partial charge in [-0.25, -0.2) is 19.2 Å². The molecule has 1 aliphatic rings. The van der Waals surface area contributed by atoms with Gasteiger partial charge in [-0.3, -0.25) is 0 Å². The number of carbonyl (C=O) groups excluding carboxylic acids is 3. The lowest BCUT2D eigenvalue weighted by Gasteiger charge is -2.19. The first-order valence-electron chi connectivity index (χ1n) is 12.9. The first-order valence-corrected chi connectivity index (χ1v) is 12.9.